The normalized spacial score (nSPS) is 9.62. The highest BCUT2D eigenvalue weighted by Gasteiger charge is 2.12. The van der Waals surface area contributed by atoms with E-state index in [4.69, 9.17) is 4.74 Å². The lowest BCUT2D eigenvalue weighted by atomic mass is 10.1. The molecule has 0 radical (unpaired) electrons. The summed E-state index contributed by atoms with van der Waals surface area (Å²) in [5.41, 5.74) is 0.436. The van der Waals surface area contributed by atoms with Gasteiger partial charge >= 0.3 is 5.97 Å². The summed E-state index contributed by atoms with van der Waals surface area (Å²) < 4.78 is 9.95. The lowest BCUT2D eigenvalue weighted by Gasteiger charge is -2.08. The molecule has 1 aromatic rings. The number of esters is 1. The van der Waals surface area contributed by atoms with Crippen molar-refractivity contribution in [2.45, 2.75) is 13.8 Å². The third kappa shape index (κ3) is 3.38. The minimum absolute atomic E-state index is 0.251. The van der Waals surface area contributed by atoms with E-state index in [1.54, 1.807) is 24.3 Å². The first-order valence-corrected chi connectivity index (χ1v) is 5.03. The van der Waals surface area contributed by atoms with E-state index in [9.17, 15) is 9.59 Å². The molecule has 4 heteroatoms. The number of benzene rings is 1. The van der Waals surface area contributed by atoms with E-state index in [1.807, 2.05) is 6.92 Å². The Kier molecular flexibility index (Phi) is 4.51. The minimum Gasteiger partial charge on any atom is -0.493 e. The number of ketones is 1. The Morgan fingerprint density at radius 2 is 1.94 bits per heavy atom. The molecular formula is C12H14O4. The van der Waals surface area contributed by atoms with Gasteiger partial charge < -0.3 is 9.47 Å². The Morgan fingerprint density at radius 1 is 1.25 bits per heavy atom. The van der Waals surface area contributed by atoms with Crippen LogP contribution in [0, 0.1) is 0 Å². The largest absolute Gasteiger partial charge is 0.493 e. The van der Waals surface area contributed by atoms with Crippen molar-refractivity contribution >= 4 is 11.8 Å². The van der Waals surface area contributed by atoms with Crippen LogP contribution < -0.4 is 4.74 Å². The van der Waals surface area contributed by atoms with Crippen LogP contribution in [0.2, 0.25) is 0 Å². The summed E-state index contributed by atoms with van der Waals surface area (Å²) in [5, 5.41) is 0. The number of rotatable bonds is 5. The molecule has 4 nitrogen and oxygen atoms in total. The smallest absolute Gasteiger partial charge is 0.303 e. The van der Waals surface area contributed by atoms with Crippen LogP contribution in [0.1, 0.15) is 24.2 Å². The lowest BCUT2D eigenvalue weighted by molar-refractivity contribution is -0.139. The van der Waals surface area contributed by atoms with Gasteiger partial charge in [-0.3, -0.25) is 9.59 Å². The highest BCUT2D eigenvalue weighted by Crippen LogP contribution is 2.18. The zero-order chi connectivity index (χ0) is 12.0. The Bertz CT molecular complexity index is 384. The molecule has 0 aromatic heterocycles. The quantitative estimate of drug-likeness (QED) is 0.563. The fourth-order valence-corrected chi connectivity index (χ4v) is 1.22. The van der Waals surface area contributed by atoms with Crippen LogP contribution in [0.4, 0.5) is 0 Å². The van der Waals surface area contributed by atoms with Gasteiger partial charge in [0.05, 0.1) is 12.2 Å². The second-order valence-corrected chi connectivity index (χ2v) is 3.13. The zero-order valence-electron chi connectivity index (χ0n) is 9.36. The molecule has 1 aromatic carbocycles. The lowest BCUT2D eigenvalue weighted by Crippen LogP contribution is -2.13. The van der Waals surface area contributed by atoms with Crippen LogP contribution in [-0.4, -0.2) is 25.0 Å². The van der Waals surface area contributed by atoms with Gasteiger partial charge in [0.1, 0.15) is 5.75 Å². The van der Waals surface area contributed by atoms with Gasteiger partial charge in [0.25, 0.3) is 0 Å². The maximum absolute atomic E-state index is 11.7. The van der Waals surface area contributed by atoms with Crippen LogP contribution in [0.25, 0.3) is 0 Å². The number of hydrogen-bond acceptors (Lipinski definition) is 4. The summed E-state index contributed by atoms with van der Waals surface area (Å²) >= 11 is 0. The van der Waals surface area contributed by atoms with Crippen molar-refractivity contribution in [3.8, 4) is 5.75 Å². The molecule has 0 unspecified atom stereocenters. The van der Waals surface area contributed by atoms with Gasteiger partial charge in [-0.15, -0.1) is 0 Å². The molecule has 16 heavy (non-hydrogen) atoms. The molecule has 0 fully saturated rings. The summed E-state index contributed by atoms with van der Waals surface area (Å²) in [6, 6.07) is 6.89. The standard InChI is InChI=1S/C12H14O4/c1-3-15-12-7-5-4-6-10(12)11(14)8-16-9(2)13/h4-7H,3,8H2,1-2H3. The van der Waals surface area contributed by atoms with Crippen LogP contribution in [-0.2, 0) is 9.53 Å². The molecule has 0 heterocycles. The second-order valence-electron chi connectivity index (χ2n) is 3.13. The van der Waals surface area contributed by atoms with Crippen LogP contribution in [0.5, 0.6) is 5.75 Å². The third-order valence-corrected chi connectivity index (χ3v) is 1.89. The van der Waals surface area contributed by atoms with E-state index in [0.29, 0.717) is 17.9 Å². The van der Waals surface area contributed by atoms with Crippen molar-refractivity contribution in [2.75, 3.05) is 13.2 Å². The number of Topliss-reactive ketones (excluding diaryl/α,β-unsaturated/α-hetero) is 1. The molecule has 0 aliphatic carbocycles. The highest BCUT2D eigenvalue weighted by atomic mass is 16.5. The fourth-order valence-electron chi connectivity index (χ4n) is 1.22. The van der Waals surface area contributed by atoms with E-state index in [0.717, 1.165) is 0 Å². The molecule has 0 aliphatic rings. The summed E-state index contributed by atoms with van der Waals surface area (Å²) in [6.07, 6.45) is 0. The van der Waals surface area contributed by atoms with Gasteiger partial charge in [-0.1, -0.05) is 12.1 Å². The van der Waals surface area contributed by atoms with Crippen molar-refractivity contribution in [3.05, 3.63) is 29.8 Å². The van der Waals surface area contributed by atoms with Gasteiger partial charge in [0.2, 0.25) is 5.78 Å². The highest BCUT2D eigenvalue weighted by molar-refractivity contribution is 6.00. The molecular weight excluding hydrogens is 208 g/mol. The number of para-hydroxylation sites is 1. The predicted octanol–water partition coefficient (Wildman–Crippen LogP) is 1.83. The molecule has 86 valence electrons. The van der Waals surface area contributed by atoms with E-state index in [2.05, 4.69) is 4.74 Å². The number of ether oxygens (including phenoxy) is 2. The molecule has 0 bridgehead atoms. The molecule has 0 aliphatic heterocycles. The predicted molar refractivity (Wildman–Crippen MR) is 58.6 cm³/mol. The van der Waals surface area contributed by atoms with Gasteiger partial charge in [-0.05, 0) is 19.1 Å². The zero-order valence-corrected chi connectivity index (χ0v) is 9.36. The summed E-state index contributed by atoms with van der Waals surface area (Å²) in [5.74, 6) is -0.219. The first-order chi connectivity index (χ1) is 7.65. The van der Waals surface area contributed by atoms with E-state index in [1.165, 1.54) is 6.92 Å². The van der Waals surface area contributed by atoms with Crippen LogP contribution in [0.3, 0.4) is 0 Å². The molecule has 1 rings (SSSR count). The van der Waals surface area contributed by atoms with Crippen molar-refractivity contribution < 1.29 is 19.1 Å². The fraction of sp³-hybridized carbons (Fsp3) is 0.333. The third-order valence-electron chi connectivity index (χ3n) is 1.89. The Morgan fingerprint density at radius 3 is 2.56 bits per heavy atom. The SMILES string of the molecule is CCOc1ccccc1C(=O)COC(C)=O. The average molecular weight is 222 g/mol. The Labute approximate surface area is 94.2 Å². The van der Waals surface area contributed by atoms with Crippen molar-refractivity contribution in [1.29, 1.82) is 0 Å². The Balaban J connectivity index is 2.77. The average Bonchev–Trinajstić information content (AvgIpc) is 2.27. The van der Waals surface area contributed by atoms with E-state index in [-0.39, 0.29) is 12.4 Å². The van der Waals surface area contributed by atoms with E-state index < -0.39 is 5.97 Å². The molecule has 0 atom stereocenters. The number of hydrogen-bond donors (Lipinski definition) is 0. The minimum atomic E-state index is -0.470. The summed E-state index contributed by atoms with van der Waals surface area (Å²) in [7, 11) is 0. The van der Waals surface area contributed by atoms with Crippen LogP contribution in [0.15, 0.2) is 24.3 Å². The van der Waals surface area contributed by atoms with Crippen molar-refractivity contribution in [2.24, 2.45) is 0 Å². The van der Waals surface area contributed by atoms with Crippen LogP contribution >= 0.6 is 0 Å². The topological polar surface area (TPSA) is 52.6 Å². The Hall–Kier alpha value is -1.84. The molecule has 0 saturated carbocycles. The second kappa shape index (κ2) is 5.90. The van der Waals surface area contributed by atoms with Gasteiger partial charge in [-0.25, -0.2) is 0 Å². The summed E-state index contributed by atoms with van der Waals surface area (Å²) in [6.45, 7) is 3.34. The number of carbonyl (C=O) groups is 2. The molecule has 0 N–H and O–H groups in total. The maximum atomic E-state index is 11.7. The molecule has 0 amide bonds. The maximum Gasteiger partial charge on any atom is 0.303 e. The molecule has 0 spiro atoms. The van der Waals surface area contributed by atoms with Gasteiger partial charge in [-0.2, -0.15) is 0 Å². The van der Waals surface area contributed by atoms with Gasteiger partial charge in [0, 0.05) is 6.92 Å². The summed E-state index contributed by atoms with van der Waals surface area (Å²) in [4.78, 5) is 22.3. The van der Waals surface area contributed by atoms with Crippen molar-refractivity contribution in [1.82, 2.24) is 0 Å². The first kappa shape index (κ1) is 12.2. The van der Waals surface area contributed by atoms with Gasteiger partial charge in [0.15, 0.2) is 6.61 Å². The first-order valence-electron chi connectivity index (χ1n) is 5.03. The molecule has 0 saturated heterocycles. The van der Waals surface area contributed by atoms with Crippen molar-refractivity contribution in [3.63, 3.8) is 0 Å². The number of carbonyl (C=O) groups excluding carboxylic acids is 2. The monoisotopic (exact) mass is 222 g/mol. The van der Waals surface area contributed by atoms with E-state index >= 15 is 0 Å².